The van der Waals surface area contributed by atoms with Crippen molar-refractivity contribution in [1.29, 1.82) is 0 Å². The summed E-state index contributed by atoms with van der Waals surface area (Å²) in [5, 5.41) is 1.08. The van der Waals surface area contributed by atoms with Gasteiger partial charge in [-0.3, -0.25) is 14.2 Å². The molecule has 33 heavy (non-hydrogen) atoms. The minimum Gasteiger partial charge on any atom is -0.376 e. The Bertz CT molecular complexity index is 1200. The van der Waals surface area contributed by atoms with Gasteiger partial charge in [0.05, 0.1) is 23.6 Å². The number of nitrogens with zero attached hydrogens (tertiary/aromatic N) is 3. The molecule has 3 heterocycles. The van der Waals surface area contributed by atoms with Crippen LogP contribution in [0.4, 0.5) is 0 Å². The highest BCUT2D eigenvalue weighted by Gasteiger charge is 2.31. The van der Waals surface area contributed by atoms with Crippen molar-refractivity contribution in [3.05, 3.63) is 69.5 Å². The summed E-state index contributed by atoms with van der Waals surface area (Å²) in [6.45, 7) is 2.67. The summed E-state index contributed by atoms with van der Waals surface area (Å²) in [6, 6.07) is 14.9. The molecular formula is C25H26ClN3O3S. The summed E-state index contributed by atoms with van der Waals surface area (Å²) >= 11 is 7.55. The van der Waals surface area contributed by atoms with Gasteiger partial charge in [-0.05, 0) is 49.4 Å². The third-order valence-corrected chi connectivity index (χ3v) is 7.73. The van der Waals surface area contributed by atoms with Crippen molar-refractivity contribution in [3.63, 3.8) is 0 Å². The van der Waals surface area contributed by atoms with Gasteiger partial charge >= 0.3 is 0 Å². The Morgan fingerprint density at radius 1 is 1.15 bits per heavy atom. The first-order chi connectivity index (χ1) is 16.1. The number of halogens is 1. The number of hydrogen-bond acceptors (Lipinski definition) is 5. The van der Waals surface area contributed by atoms with Gasteiger partial charge in [0.2, 0.25) is 5.91 Å². The van der Waals surface area contributed by atoms with Crippen LogP contribution in [0.1, 0.15) is 36.5 Å². The number of aromatic nitrogens is 2. The molecule has 172 valence electrons. The van der Waals surface area contributed by atoms with E-state index in [4.69, 9.17) is 21.3 Å². The second kappa shape index (κ2) is 9.87. The largest absolute Gasteiger partial charge is 0.376 e. The van der Waals surface area contributed by atoms with E-state index in [1.54, 1.807) is 22.8 Å². The molecule has 2 aliphatic heterocycles. The maximum atomic E-state index is 13.6. The van der Waals surface area contributed by atoms with Gasteiger partial charge in [0.1, 0.15) is 5.25 Å². The van der Waals surface area contributed by atoms with Gasteiger partial charge in [-0.2, -0.15) is 0 Å². The summed E-state index contributed by atoms with van der Waals surface area (Å²) in [6.07, 6.45) is 3.91. The molecule has 2 aliphatic rings. The molecule has 3 aromatic rings. The van der Waals surface area contributed by atoms with Gasteiger partial charge in [-0.15, -0.1) is 0 Å². The van der Waals surface area contributed by atoms with Gasteiger partial charge < -0.3 is 9.64 Å². The molecule has 1 amide bonds. The number of amides is 1. The molecule has 2 fully saturated rings. The van der Waals surface area contributed by atoms with Crippen LogP contribution in [0.25, 0.3) is 10.9 Å². The van der Waals surface area contributed by atoms with Crippen molar-refractivity contribution in [2.75, 3.05) is 19.7 Å². The Balaban J connectivity index is 1.59. The topological polar surface area (TPSA) is 64.4 Å². The summed E-state index contributed by atoms with van der Waals surface area (Å²) in [4.78, 5) is 33.8. The molecule has 6 nitrogen and oxygen atoms in total. The van der Waals surface area contributed by atoms with Crippen LogP contribution in [0.5, 0.6) is 0 Å². The fraction of sp³-hybridized carbons (Fsp3) is 0.400. The standard InChI is InChI=1S/C25H26ClN3O3S/c26-18-10-11-20-21(15-18)27-25(29(23(20)30)16-19-9-6-14-32-19)33-22(17-7-2-1-3-8-17)24(31)28-12-4-5-13-28/h1-3,7-8,10-11,15,19,22H,4-6,9,12-14,16H2/t19-,22+/m0/s1. The molecule has 0 aliphatic carbocycles. The number of carbonyl (C=O) groups is 1. The van der Waals surface area contributed by atoms with Crippen molar-refractivity contribution >= 4 is 40.2 Å². The van der Waals surface area contributed by atoms with E-state index < -0.39 is 5.25 Å². The van der Waals surface area contributed by atoms with Crippen LogP contribution in [0.3, 0.4) is 0 Å². The van der Waals surface area contributed by atoms with E-state index in [-0.39, 0.29) is 17.6 Å². The quantitative estimate of drug-likeness (QED) is 0.376. The van der Waals surface area contributed by atoms with Gasteiger partial charge in [0, 0.05) is 24.7 Å². The van der Waals surface area contributed by atoms with Crippen LogP contribution in [0.2, 0.25) is 5.02 Å². The van der Waals surface area contributed by atoms with Gasteiger partial charge in [-0.1, -0.05) is 53.7 Å². The molecule has 1 aromatic heterocycles. The first kappa shape index (κ1) is 22.4. The summed E-state index contributed by atoms with van der Waals surface area (Å²) in [5.74, 6) is 0.0628. The molecule has 0 radical (unpaired) electrons. The molecule has 0 unspecified atom stereocenters. The van der Waals surface area contributed by atoms with Gasteiger partial charge in [0.25, 0.3) is 5.56 Å². The van der Waals surface area contributed by atoms with E-state index in [2.05, 4.69) is 0 Å². The van der Waals surface area contributed by atoms with Crippen molar-refractivity contribution in [1.82, 2.24) is 14.5 Å². The Morgan fingerprint density at radius 2 is 1.94 bits per heavy atom. The van der Waals surface area contributed by atoms with E-state index in [1.165, 1.54) is 11.8 Å². The smallest absolute Gasteiger partial charge is 0.262 e. The maximum Gasteiger partial charge on any atom is 0.262 e. The first-order valence-electron chi connectivity index (χ1n) is 11.4. The number of likely N-dealkylation sites (tertiary alicyclic amines) is 1. The SMILES string of the molecule is O=C([C@H](Sc1nc2cc(Cl)ccc2c(=O)n1C[C@@H]1CCCO1)c1ccccc1)N1CCCC1. The molecule has 8 heteroatoms. The van der Waals surface area contributed by atoms with Crippen LogP contribution >= 0.6 is 23.4 Å². The maximum absolute atomic E-state index is 13.6. The third kappa shape index (κ3) is 4.81. The summed E-state index contributed by atoms with van der Waals surface area (Å²) in [7, 11) is 0. The normalized spacial score (nSPS) is 19.3. The van der Waals surface area contributed by atoms with Crippen LogP contribution < -0.4 is 5.56 Å². The summed E-state index contributed by atoms with van der Waals surface area (Å²) < 4.78 is 7.51. The molecule has 0 N–H and O–H groups in total. The van der Waals surface area contributed by atoms with Crippen molar-refractivity contribution in [2.24, 2.45) is 0 Å². The molecule has 2 atom stereocenters. The number of benzene rings is 2. The van der Waals surface area contributed by atoms with Crippen molar-refractivity contribution in [3.8, 4) is 0 Å². The summed E-state index contributed by atoms with van der Waals surface area (Å²) in [5.41, 5.74) is 1.32. The second-order valence-electron chi connectivity index (χ2n) is 8.55. The average Bonchev–Trinajstić information content (AvgIpc) is 3.54. The third-order valence-electron chi connectivity index (χ3n) is 6.26. The molecule has 0 bridgehead atoms. The Kier molecular flexibility index (Phi) is 6.71. The molecule has 2 aromatic carbocycles. The zero-order valence-electron chi connectivity index (χ0n) is 18.3. The number of carbonyl (C=O) groups excluding carboxylic acids is 1. The van der Waals surface area contributed by atoms with E-state index >= 15 is 0 Å². The van der Waals surface area contributed by atoms with Crippen LogP contribution in [-0.2, 0) is 16.1 Å². The fourth-order valence-corrected chi connectivity index (χ4v) is 5.87. The van der Waals surface area contributed by atoms with Crippen molar-refractivity contribution < 1.29 is 9.53 Å². The number of ether oxygens (including phenoxy) is 1. The van der Waals surface area contributed by atoms with Gasteiger partial charge in [-0.25, -0.2) is 4.98 Å². The minimum atomic E-state index is -0.483. The number of hydrogen-bond donors (Lipinski definition) is 0. The molecule has 0 saturated carbocycles. The zero-order valence-corrected chi connectivity index (χ0v) is 19.9. The zero-order chi connectivity index (χ0) is 22.8. The van der Waals surface area contributed by atoms with Crippen molar-refractivity contribution in [2.45, 2.75) is 48.7 Å². The predicted octanol–water partition coefficient (Wildman–Crippen LogP) is 4.68. The van der Waals surface area contributed by atoms with E-state index in [9.17, 15) is 9.59 Å². The monoisotopic (exact) mass is 483 g/mol. The highest BCUT2D eigenvalue weighted by Crippen LogP contribution is 2.37. The molecule has 2 saturated heterocycles. The fourth-order valence-electron chi connectivity index (χ4n) is 4.51. The van der Waals surface area contributed by atoms with E-state index in [0.717, 1.165) is 44.3 Å². The van der Waals surface area contributed by atoms with E-state index in [0.29, 0.717) is 34.2 Å². The molecule has 0 spiro atoms. The molecule has 5 rings (SSSR count). The second-order valence-corrected chi connectivity index (χ2v) is 10.1. The lowest BCUT2D eigenvalue weighted by molar-refractivity contribution is -0.129. The number of fused-ring (bicyclic) bond motifs is 1. The first-order valence-corrected chi connectivity index (χ1v) is 12.7. The predicted molar refractivity (Wildman–Crippen MR) is 131 cm³/mol. The van der Waals surface area contributed by atoms with Crippen LogP contribution in [0, 0.1) is 0 Å². The Hall–Kier alpha value is -2.35. The number of rotatable bonds is 6. The van der Waals surface area contributed by atoms with Crippen LogP contribution in [0.15, 0.2) is 58.5 Å². The van der Waals surface area contributed by atoms with E-state index in [1.807, 2.05) is 35.2 Å². The minimum absolute atomic E-state index is 0.0296. The lowest BCUT2D eigenvalue weighted by Gasteiger charge is -2.24. The highest BCUT2D eigenvalue weighted by atomic mass is 35.5. The number of thioether (sulfide) groups is 1. The average molecular weight is 484 g/mol. The lowest BCUT2D eigenvalue weighted by atomic mass is 10.1. The van der Waals surface area contributed by atoms with Crippen LogP contribution in [-0.4, -0.2) is 46.2 Å². The Labute approximate surface area is 201 Å². The lowest BCUT2D eigenvalue weighted by Crippen LogP contribution is -2.33. The Morgan fingerprint density at radius 3 is 2.67 bits per heavy atom. The molecular weight excluding hydrogens is 458 g/mol. The van der Waals surface area contributed by atoms with Gasteiger partial charge in [0.15, 0.2) is 5.16 Å². The highest BCUT2D eigenvalue weighted by molar-refractivity contribution is 8.00.